The molecular weight excluding hydrogens is 222 g/mol. The second-order valence-electron chi connectivity index (χ2n) is 4.54. The lowest BCUT2D eigenvalue weighted by Crippen LogP contribution is -2.17. The third-order valence-corrected chi connectivity index (χ3v) is 3.14. The molecule has 0 aliphatic carbocycles. The summed E-state index contributed by atoms with van der Waals surface area (Å²) in [5.74, 6) is 0. The van der Waals surface area contributed by atoms with Gasteiger partial charge in [-0.15, -0.1) is 0 Å². The van der Waals surface area contributed by atoms with Crippen molar-refractivity contribution in [2.75, 3.05) is 7.05 Å². The summed E-state index contributed by atoms with van der Waals surface area (Å²) in [5.41, 5.74) is 3.84. The molecule has 0 fully saturated rings. The van der Waals surface area contributed by atoms with E-state index >= 15 is 0 Å². The van der Waals surface area contributed by atoms with Gasteiger partial charge in [0.1, 0.15) is 6.33 Å². The predicted molar refractivity (Wildman–Crippen MR) is 73.3 cm³/mol. The summed E-state index contributed by atoms with van der Waals surface area (Å²) in [4.78, 5) is 8.14. The van der Waals surface area contributed by atoms with Crippen molar-refractivity contribution in [3.8, 4) is 0 Å². The van der Waals surface area contributed by atoms with E-state index in [1.165, 1.54) is 11.1 Å². The Morgan fingerprint density at radius 1 is 1.22 bits per heavy atom. The van der Waals surface area contributed by atoms with Crippen LogP contribution >= 0.6 is 0 Å². The molecule has 1 heterocycles. The fourth-order valence-corrected chi connectivity index (χ4v) is 2.15. The molecule has 1 aromatic heterocycles. The van der Waals surface area contributed by atoms with Crippen molar-refractivity contribution in [3.63, 3.8) is 0 Å². The van der Waals surface area contributed by atoms with Crippen LogP contribution in [0.25, 0.3) is 0 Å². The van der Waals surface area contributed by atoms with Gasteiger partial charge in [0, 0.05) is 24.0 Å². The van der Waals surface area contributed by atoms with Crippen molar-refractivity contribution >= 4 is 0 Å². The molecule has 1 aromatic carbocycles. The monoisotopic (exact) mass is 241 g/mol. The van der Waals surface area contributed by atoms with Crippen molar-refractivity contribution < 1.29 is 0 Å². The Balaban J connectivity index is 2.00. The first-order valence-electron chi connectivity index (χ1n) is 6.27. The van der Waals surface area contributed by atoms with Gasteiger partial charge < -0.3 is 5.32 Å². The minimum atomic E-state index is 0.312. The van der Waals surface area contributed by atoms with E-state index in [9.17, 15) is 0 Å². The zero-order valence-electron chi connectivity index (χ0n) is 10.9. The van der Waals surface area contributed by atoms with Crippen molar-refractivity contribution in [2.45, 2.75) is 25.8 Å². The van der Waals surface area contributed by atoms with Crippen LogP contribution in [0.1, 0.15) is 29.2 Å². The second-order valence-corrected chi connectivity index (χ2v) is 4.54. The summed E-state index contributed by atoms with van der Waals surface area (Å²) in [5, 5.41) is 3.32. The molecule has 18 heavy (non-hydrogen) atoms. The Hall–Kier alpha value is -1.74. The van der Waals surface area contributed by atoms with E-state index in [0.29, 0.717) is 6.04 Å². The minimum absolute atomic E-state index is 0.312. The van der Waals surface area contributed by atoms with E-state index in [-0.39, 0.29) is 0 Å². The van der Waals surface area contributed by atoms with Gasteiger partial charge in [-0.2, -0.15) is 0 Å². The summed E-state index contributed by atoms with van der Waals surface area (Å²) in [7, 11) is 1.98. The number of aryl methyl sites for hydroxylation is 2. The van der Waals surface area contributed by atoms with E-state index in [4.69, 9.17) is 0 Å². The average Bonchev–Trinajstić information content (AvgIpc) is 2.41. The Labute approximate surface area is 108 Å². The Bertz CT molecular complexity index is 482. The molecule has 0 radical (unpaired) electrons. The lowest BCUT2D eigenvalue weighted by Gasteiger charge is -2.15. The molecule has 2 rings (SSSR count). The number of rotatable bonds is 5. The second kappa shape index (κ2) is 6.26. The maximum atomic E-state index is 4.07. The average molecular weight is 241 g/mol. The van der Waals surface area contributed by atoms with E-state index in [1.807, 2.05) is 19.4 Å². The molecule has 0 spiro atoms. The van der Waals surface area contributed by atoms with E-state index < -0.39 is 0 Å². The highest BCUT2D eigenvalue weighted by Gasteiger charge is 2.09. The highest BCUT2D eigenvalue weighted by atomic mass is 14.9. The van der Waals surface area contributed by atoms with Gasteiger partial charge in [0.15, 0.2) is 0 Å². The van der Waals surface area contributed by atoms with Crippen LogP contribution in [0.5, 0.6) is 0 Å². The first-order valence-corrected chi connectivity index (χ1v) is 6.27. The molecule has 0 aliphatic rings. The van der Waals surface area contributed by atoms with Gasteiger partial charge in [-0.05, 0) is 32.4 Å². The topological polar surface area (TPSA) is 37.8 Å². The van der Waals surface area contributed by atoms with Crippen LogP contribution in [0.3, 0.4) is 0 Å². The summed E-state index contributed by atoms with van der Waals surface area (Å²) in [6, 6.07) is 8.98. The Morgan fingerprint density at radius 3 is 2.67 bits per heavy atom. The van der Waals surface area contributed by atoms with Gasteiger partial charge in [-0.3, -0.25) is 0 Å². The van der Waals surface area contributed by atoms with E-state index in [0.717, 1.165) is 18.4 Å². The fraction of sp³-hybridized carbons (Fsp3) is 0.333. The van der Waals surface area contributed by atoms with Gasteiger partial charge >= 0.3 is 0 Å². The maximum Gasteiger partial charge on any atom is 0.115 e. The van der Waals surface area contributed by atoms with Crippen LogP contribution < -0.4 is 5.32 Å². The zero-order valence-corrected chi connectivity index (χ0v) is 10.9. The summed E-state index contributed by atoms with van der Waals surface area (Å²) in [6.07, 6.45) is 7.43. The highest BCUT2D eigenvalue weighted by molar-refractivity contribution is 5.22. The lowest BCUT2D eigenvalue weighted by molar-refractivity contribution is 0.545. The van der Waals surface area contributed by atoms with E-state index in [1.54, 1.807) is 6.33 Å². The maximum absolute atomic E-state index is 4.07. The van der Waals surface area contributed by atoms with Gasteiger partial charge in [-0.1, -0.05) is 29.8 Å². The normalized spacial score (nSPS) is 12.3. The quantitative estimate of drug-likeness (QED) is 0.874. The molecule has 1 N–H and O–H groups in total. The number of nitrogens with one attached hydrogen (secondary N) is 1. The molecular formula is C15H19N3. The molecule has 3 heteroatoms. The largest absolute Gasteiger partial charge is 0.313 e. The number of hydrogen-bond donors (Lipinski definition) is 1. The van der Waals surface area contributed by atoms with Crippen LogP contribution in [-0.4, -0.2) is 17.0 Å². The molecule has 0 bridgehead atoms. The lowest BCUT2D eigenvalue weighted by atomic mass is 10.0. The van der Waals surface area contributed by atoms with Crippen LogP contribution in [0.15, 0.2) is 43.0 Å². The molecule has 0 saturated carbocycles. The molecule has 94 valence electrons. The summed E-state index contributed by atoms with van der Waals surface area (Å²) >= 11 is 0. The highest BCUT2D eigenvalue weighted by Crippen LogP contribution is 2.17. The zero-order chi connectivity index (χ0) is 12.8. The third kappa shape index (κ3) is 3.37. The molecule has 1 unspecified atom stereocenters. The number of hydrogen-bond acceptors (Lipinski definition) is 3. The van der Waals surface area contributed by atoms with Gasteiger partial charge in [0.25, 0.3) is 0 Å². The van der Waals surface area contributed by atoms with Crippen LogP contribution in [0.4, 0.5) is 0 Å². The van der Waals surface area contributed by atoms with Gasteiger partial charge in [0.2, 0.25) is 0 Å². The number of aromatic nitrogens is 2. The Kier molecular flexibility index (Phi) is 4.42. The SMILES string of the molecule is CNC(CCc1cccc(C)c1)c1cncnc1. The molecule has 3 nitrogen and oxygen atoms in total. The number of benzene rings is 1. The molecule has 2 aromatic rings. The van der Waals surface area contributed by atoms with Crippen molar-refractivity contribution in [2.24, 2.45) is 0 Å². The smallest absolute Gasteiger partial charge is 0.115 e. The fourth-order valence-electron chi connectivity index (χ4n) is 2.15. The molecule has 1 atom stereocenters. The summed E-state index contributed by atoms with van der Waals surface area (Å²) < 4.78 is 0. The molecule has 0 aliphatic heterocycles. The predicted octanol–water partition coefficient (Wildman–Crippen LogP) is 2.68. The first-order chi connectivity index (χ1) is 8.79. The van der Waals surface area contributed by atoms with Crippen LogP contribution in [-0.2, 0) is 6.42 Å². The van der Waals surface area contributed by atoms with E-state index in [2.05, 4.69) is 46.5 Å². The standard InChI is InChI=1S/C15H19N3/c1-12-4-3-5-13(8-12)6-7-15(16-2)14-9-17-11-18-10-14/h3-5,8-11,15-16H,6-7H2,1-2H3. The van der Waals surface area contributed by atoms with Crippen molar-refractivity contribution in [3.05, 3.63) is 59.7 Å². The minimum Gasteiger partial charge on any atom is -0.313 e. The van der Waals surface area contributed by atoms with Crippen molar-refractivity contribution in [1.82, 2.24) is 15.3 Å². The molecule has 0 amide bonds. The number of nitrogens with zero attached hydrogens (tertiary/aromatic N) is 2. The summed E-state index contributed by atoms with van der Waals surface area (Å²) in [6.45, 7) is 2.13. The molecule has 0 saturated heterocycles. The van der Waals surface area contributed by atoms with Crippen molar-refractivity contribution in [1.29, 1.82) is 0 Å². The third-order valence-electron chi connectivity index (χ3n) is 3.14. The first kappa shape index (κ1) is 12.7. The van der Waals surface area contributed by atoms with Gasteiger partial charge in [-0.25, -0.2) is 9.97 Å². The van der Waals surface area contributed by atoms with Crippen LogP contribution in [0.2, 0.25) is 0 Å². The van der Waals surface area contributed by atoms with Gasteiger partial charge in [0.05, 0.1) is 0 Å². The Morgan fingerprint density at radius 2 is 2.00 bits per heavy atom. The van der Waals surface area contributed by atoms with Crippen LogP contribution in [0, 0.1) is 6.92 Å².